The number of rotatable bonds is 7. The topological polar surface area (TPSA) is 67.8 Å². The van der Waals surface area contributed by atoms with Crippen LogP contribution in [0.4, 0.5) is 0 Å². The largest absolute Gasteiger partial charge is 0.483 e. The minimum Gasteiger partial charge on any atom is -0.483 e. The third kappa shape index (κ3) is 4.52. The highest BCUT2D eigenvalue weighted by molar-refractivity contribution is 7.07. The molecule has 1 aliphatic heterocycles. The lowest BCUT2D eigenvalue weighted by Crippen LogP contribution is -2.30. The molecular formula is C19H23NO4S. The molecule has 0 saturated heterocycles. The van der Waals surface area contributed by atoms with Crippen molar-refractivity contribution in [3.8, 4) is 11.5 Å². The Morgan fingerprint density at radius 1 is 1.44 bits per heavy atom. The fraction of sp³-hybridized carbons (Fsp3) is 0.421. The van der Waals surface area contributed by atoms with E-state index in [9.17, 15) is 9.90 Å². The number of hydrogen-bond acceptors (Lipinski definition) is 5. The van der Waals surface area contributed by atoms with E-state index in [4.69, 9.17) is 9.47 Å². The predicted molar refractivity (Wildman–Crippen MR) is 97.3 cm³/mol. The molecule has 5 nitrogen and oxygen atoms in total. The summed E-state index contributed by atoms with van der Waals surface area (Å²) in [6.45, 7) is 4.38. The zero-order valence-corrected chi connectivity index (χ0v) is 15.3. The number of benzene rings is 1. The number of fused-ring (bicyclic) bond motifs is 1. The number of amides is 1. The monoisotopic (exact) mass is 361 g/mol. The second-order valence-corrected chi connectivity index (χ2v) is 7.56. The Bertz CT molecular complexity index is 727. The molecule has 2 heterocycles. The quantitative estimate of drug-likeness (QED) is 0.795. The lowest BCUT2D eigenvalue weighted by atomic mass is 10.0. The summed E-state index contributed by atoms with van der Waals surface area (Å²) in [5.41, 5.74) is 1.74. The maximum atomic E-state index is 12.0. The van der Waals surface area contributed by atoms with Gasteiger partial charge in [0.25, 0.3) is 5.91 Å². The van der Waals surface area contributed by atoms with E-state index < -0.39 is 6.10 Å². The van der Waals surface area contributed by atoms with Gasteiger partial charge in [-0.15, -0.1) is 0 Å². The van der Waals surface area contributed by atoms with Crippen LogP contribution in [0.5, 0.6) is 11.5 Å². The van der Waals surface area contributed by atoms with E-state index in [0.717, 1.165) is 23.3 Å². The third-order valence-corrected chi connectivity index (χ3v) is 4.78. The van der Waals surface area contributed by atoms with Crippen LogP contribution in [0, 0.1) is 0 Å². The second kappa shape index (κ2) is 7.45. The molecule has 0 saturated carbocycles. The van der Waals surface area contributed by atoms with Crippen molar-refractivity contribution in [1.82, 2.24) is 5.32 Å². The summed E-state index contributed by atoms with van der Waals surface area (Å²) in [7, 11) is 0. The van der Waals surface area contributed by atoms with Gasteiger partial charge in [0.15, 0.2) is 18.1 Å². The van der Waals surface area contributed by atoms with E-state index in [1.165, 1.54) is 0 Å². The normalized spacial score (nSPS) is 16.0. The van der Waals surface area contributed by atoms with Crippen LogP contribution in [0.15, 0.2) is 35.0 Å². The molecule has 0 fully saturated rings. The van der Waals surface area contributed by atoms with E-state index in [0.29, 0.717) is 18.7 Å². The molecule has 1 atom stereocenters. The van der Waals surface area contributed by atoms with Crippen LogP contribution in [0.1, 0.15) is 37.5 Å². The van der Waals surface area contributed by atoms with Crippen molar-refractivity contribution < 1.29 is 19.4 Å². The van der Waals surface area contributed by atoms with E-state index in [1.54, 1.807) is 11.3 Å². The predicted octanol–water partition coefficient (Wildman–Crippen LogP) is 3.08. The van der Waals surface area contributed by atoms with Crippen LogP contribution in [0.25, 0.3) is 0 Å². The summed E-state index contributed by atoms with van der Waals surface area (Å²) >= 11 is 1.54. The molecule has 2 N–H and O–H groups in total. The van der Waals surface area contributed by atoms with Gasteiger partial charge >= 0.3 is 0 Å². The third-order valence-electron chi connectivity index (χ3n) is 4.08. The first-order chi connectivity index (χ1) is 11.9. The van der Waals surface area contributed by atoms with Crippen molar-refractivity contribution in [2.24, 2.45) is 0 Å². The van der Waals surface area contributed by atoms with Crippen molar-refractivity contribution in [3.63, 3.8) is 0 Å². The number of para-hydroxylation sites is 1. The van der Waals surface area contributed by atoms with Crippen LogP contribution in [-0.2, 0) is 11.2 Å². The zero-order chi connectivity index (χ0) is 17.9. The van der Waals surface area contributed by atoms with Crippen LogP contribution in [-0.4, -0.2) is 29.8 Å². The van der Waals surface area contributed by atoms with Crippen molar-refractivity contribution in [1.29, 1.82) is 0 Å². The van der Waals surface area contributed by atoms with E-state index in [2.05, 4.69) is 5.32 Å². The number of aliphatic hydroxyl groups excluding tert-OH is 1. The molecule has 134 valence electrons. The van der Waals surface area contributed by atoms with Gasteiger partial charge in [-0.05, 0) is 48.7 Å². The Hall–Kier alpha value is -2.05. The summed E-state index contributed by atoms with van der Waals surface area (Å²) in [5, 5.41) is 16.6. The smallest absolute Gasteiger partial charge is 0.257 e. The van der Waals surface area contributed by atoms with Gasteiger partial charge in [-0.2, -0.15) is 11.3 Å². The molecule has 25 heavy (non-hydrogen) atoms. The average molecular weight is 361 g/mol. The van der Waals surface area contributed by atoms with Gasteiger partial charge in [-0.25, -0.2) is 0 Å². The fourth-order valence-corrected chi connectivity index (χ4v) is 3.58. The molecule has 6 heteroatoms. The Labute approximate surface area is 151 Å². The number of hydrogen-bond donors (Lipinski definition) is 2. The van der Waals surface area contributed by atoms with Crippen LogP contribution < -0.4 is 14.8 Å². The zero-order valence-electron chi connectivity index (χ0n) is 14.5. The molecule has 2 aromatic rings. The van der Waals surface area contributed by atoms with E-state index >= 15 is 0 Å². The molecule has 1 aromatic heterocycles. The van der Waals surface area contributed by atoms with Gasteiger partial charge < -0.3 is 19.9 Å². The fourth-order valence-electron chi connectivity index (χ4n) is 2.87. The highest BCUT2D eigenvalue weighted by Gasteiger charge is 2.32. The summed E-state index contributed by atoms with van der Waals surface area (Å²) < 4.78 is 11.6. The molecule has 1 aromatic carbocycles. The Morgan fingerprint density at radius 3 is 3.04 bits per heavy atom. The summed E-state index contributed by atoms with van der Waals surface area (Å²) in [6, 6.07) is 7.63. The van der Waals surface area contributed by atoms with Gasteiger partial charge in [0.1, 0.15) is 5.60 Å². The van der Waals surface area contributed by atoms with Gasteiger partial charge in [0.2, 0.25) is 0 Å². The van der Waals surface area contributed by atoms with Crippen molar-refractivity contribution in [2.45, 2.75) is 38.4 Å². The standard InChI is InChI=1S/C19H23NO4S/c1-19(2)10-13-4-3-5-16(18(13)24-19)23-11-17(22)20-8-6-15(21)14-7-9-25-12-14/h3-5,7,9,12,15,21H,6,8,10-11H2,1-2H3,(H,20,22)/t15-/m0/s1. The molecule has 0 bridgehead atoms. The Balaban J connectivity index is 1.45. The first-order valence-corrected chi connectivity index (χ1v) is 9.29. The lowest BCUT2D eigenvalue weighted by Gasteiger charge is -2.18. The molecule has 0 spiro atoms. The highest BCUT2D eigenvalue weighted by Crippen LogP contribution is 2.41. The molecular weight excluding hydrogens is 338 g/mol. The Morgan fingerprint density at radius 2 is 2.28 bits per heavy atom. The van der Waals surface area contributed by atoms with Crippen LogP contribution >= 0.6 is 11.3 Å². The number of thiophene rings is 1. The molecule has 3 rings (SSSR count). The minimum atomic E-state index is -0.555. The maximum Gasteiger partial charge on any atom is 0.257 e. The number of ether oxygens (including phenoxy) is 2. The highest BCUT2D eigenvalue weighted by atomic mass is 32.1. The molecule has 0 radical (unpaired) electrons. The first kappa shape index (κ1) is 17.8. The van der Waals surface area contributed by atoms with Gasteiger partial charge in [-0.3, -0.25) is 4.79 Å². The molecule has 0 aliphatic carbocycles. The maximum absolute atomic E-state index is 12.0. The minimum absolute atomic E-state index is 0.0746. The number of carbonyl (C=O) groups is 1. The van der Waals surface area contributed by atoms with Crippen molar-refractivity contribution >= 4 is 17.2 Å². The van der Waals surface area contributed by atoms with Gasteiger partial charge in [-0.1, -0.05) is 12.1 Å². The summed E-state index contributed by atoms with van der Waals surface area (Å²) in [4.78, 5) is 12.0. The van der Waals surface area contributed by atoms with Crippen molar-refractivity contribution in [2.75, 3.05) is 13.2 Å². The lowest BCUT2D eigenvalue weighted by molar-refractivity contribution is -0.123. The van der Waals surface area contributed by atoms with Crippen molar-refractivity contribution in [3.05, 3.63) is 46.2 Å². The molecule has 0 unspecified atom stereocenters. The van der Waals surface area contributed by atoms with E-state index in [-0.39, 0.29) is 18.1 Å². The van der Waals surface area contributed by atoms with Gasteiger partial charge in [0.05, 0.1) is 6.10 Å². The van der Waals surface area contributed by atoms with E-state index in [1.807, 2.05) is 48.9 Å². The van der Waals surface area contributed by atoms with Crippen LogP contribution in [0.2, 0.25) is 0 Å². The average Bonchev–Trinajstić information content (AvgIpc) is 3.18. The Kier molecular flexibility index (Phi) is 5.30. The summed E-state index contributed by atoms with van der Waals surface area (Å²) in [5.74, 6) is 1.11. The molecule has 1 aliphatic rings. The number of aliphatic hydroxyl groups is 1. The SMILES string of the molecule is CC1(C)Cc2cccc(OCC(=O)NCC[C@H](O)c3ccsc3)c2O1. The molecule has 1 amide bonds. The first-order valence-electron chi connectivity index (χ1n) is 8.35. The number of carbonyl (C=O) groups excluding carboxylic acids is 1. The number of nitrogens with one attached hydrogen (secondary N) is 1. The van der Waals surface area contributed by atoms with Crippen LogP contribution in [0.3, 0.4) is 0 Å². The second-order valence-electron chi connectivity index (χ2n) is 6.78. The van der Waals surface area contributed by atoms with Gasteiger partial charge in [0, 0.05) is 18.5 Å². The summed E-state index contributed by atoms with van der Waals surface area (Å²) in [6.07, 6.45) is 0.743.